The standard InChI is InChI=1S/C25H26F2N4O3/c1-34-12-11-31-14-18(17-7-8-19(26)20(27)13-17)22(15-31)29-25(33)28-21-9-10-23(32)30-24(21)16-5-3-2-4-6-16/h2-10,13,18,22H,11-12,14-15H2,1H3,(H,30,32)(H2,28,29,33). The summed E-state index contributed by atoms with van der Waals surface area (Å²) in [5, 5.41) is 5.79. The summed E-state index contributed by atoms with van der Waals surface area (Å²) in [5.74, 6) is -2.06. The number of benzene rings is 2. The maximum atomic E-state index is 13.9. The fourth-order valence-corrected chi connectivity index (χ4v) is 4.25. The molecule has 0 bridgehead atoms. The number of urea groups is 1. The van der Waals surface area contributed by atoms with Crippen LogP contribution < -0.4 is 16.2 Å². The SMILES string of the molecule is COCCN1CC(NC(=O)Nc2ccc(=O)[nH]c2-c2ccccc2)C(c2ccc(F)c(F)c2)C1. The van der Waals surface area contributed by atoms with Gasteiger partial charge in [-0.3, -0.25) is 9.69 Å². The molecule has 2 aromatic carbocycles. The van der Waals surface area contributed by atoms with Crippen LogP contribution in [0.2, 0.25) is 0 Å². The molecule has 9 heteroatoms. The first-order chi connectivity index (χ1) is 16.4. The number of H-pyrrole nitrogens is 1. The Morgan fingerprint density at radius 1 is 1.09 bits per heavy atom. The number of amides is 2. The number of nitrogens with one attached hydrogen (secondary N) is 3. The lowest BCUT2D eigenvalue weighted by molar-refractivity contribution is 0.159. The lowest BCUT2D eigenvalue weighted by Crippen LogP contribution is -2.42. The number of methoxy groups -OCH3 is 1. The molecule has 0 radical (unpaired) electrons. The number of hydrogen-bond donors (Lipinski definition) is 3. The molecule has 1 aliphatic rings. The first kappa shape index (κ1) is 23.6. The van der Waals surface area contributed by atoms with Crippen LogP contribution in [0.25, 0.3) is 11.3 Å². The maximum absolute atomic E-state index is 13.9. The summed E-state index contributed by atoms with van der Waals surface area (Å²) < 4.78 is 32.5. The van der Waals surface area contributed by atoms with E-state index in [1.54, 1.807) is 19.2 Å². The van der Waals surface area contributed by atoms with Crippen molar-refractivity contribution in [2.75, 3.05) is 38.7 Å². The molecular formula is C25H26F2N4O3. The molecule has 1 aromatic heterocycles. The molecule has 0 spiro atoms. The molecule has 3 N–H and O–H groups in total. The molecular weight excluding hydrogens is 442 g/mol. The number of anilines is 1. The molecule has 1 saturated heterocycles. The van der Waals surface area contributed by atoms with Gasteiger partial charge < -0.3 is 20.4 Å². The summed E-state index contributed by atoms with van der Waals surface area (Å²) in [6.07, 6.45) is 0. The predicted molar refractivity (Wildman–Crippen MR) is 126 cm³/mol. The number of carbonyl (C=O) groups excluding carboxylic acids is 1. The Morgan fingerprint density at radius 3 is 2.62 bits per heavy atom. The van der Waals surface area contributed by atoms with Crippen LogP contribution in [-0.4, -0.2) is 55.3 Å². The molecule has 0 saturated carbocycles. The number of nitrogens with zero attached hydrogens (tertiary/aromatic N) is 1. The van der Waals surface area contributed by atoms with Gasteiger partial charge in [0, 0.05) is 44.3 Å². The summed E-state index contributed by atoms with van der Waals surface area (Å²) in [7, 11) is 1.61. The van der Waals surface area contributed by atoms with Gasteiger partial charge in [0.1, 0.15) is 0 Å². The minimum absolute atomic E-state index is 0.234. The quantitative estimate of drug-likeness (QED) is 0.495. The number of ether oxygens (including phenoxy) is 1. The number of likely N-dealkylation sites (tertiary alicyclic amines) is 1. The van der Waals surface area contributed by atoms with E-state index in [-0.39, 0.29) is 17.5 Å². The Hall–Kier alpha value is -3.56. The van der Waals surface area contributed by atoms with Crippen LogP contribution in [0.4, 0.5) is 19.3 Å². The Labute approximate surface area is 195 Å². The summed E-state index contributed by atoms with van der Waals surface area (Å²) >= 11 is 0. The average molecular weight is 469 g/mol. The molecule has 7 nitrogen and oxygen atoms in total. The van der Waals surface area contributed by atoms with Gasteiger partial charge in [-0.05, 0) is 23.8 Å². The Bertz CT molecular complexity index is 1200. The van der Waals surface area contributed by atoms with Gasteiger partial charge in [-0.15, -0.1) is 0 Å². The van der Waals surface area contributed by atoms with Crippen molar-refractivity contribution in [2.24, 2.45) is 0 Å². The highest BCUT2D eigenvalue weighted by Gasteiger charge is 2.35. The van der Waals surface area contributed by atoms with Gasteiger partial charge in [-0.25, -0.2) is 13.6 Å². The van der Waals surface area contributed by atoms with Gasteiger partial charge >= 0.3 is 6.03 Å². The van der Waals surface area contributed by atoms with Crippen molar-refractivity contribution in [2.45, 2.75) is 12.0 Å². The number of aromatic amines is 1. The Balaban J connectivity index is 1.53. The lowest BCUT2D eigenvalue weighted by atomic mass is 9.94. The molecule has 34 heavy (non-hydrogen) atoms. The van der Waals surface area contributed by atoms with Gasteiger partial charge in [-0.1, -0.05) is 36.4 Å². The summed E-state index contributed by atoms with van der Waals surface area (Å²) in [5.41, 5.74) is 2.02. The van der Waals surface area contributed by atoms with E-state index in [0.717, 1.165) is 11.6 Å². The third-order valence-corrected chi connectivity index (χ3v) is 5.93. The van der Waals surface area contributed by atoms with Gasteiger partial charge in [0.2, 0.25) is 5.56 Å². The van der Waals surface area contributed by atoms with Crippen LogP contribution in [0.15, 0.2) is 65.5 Å². The third kappa shape index (κ3) is 5.49. The minimum Gasteiger partial charge on any atom is -0.383 e. The van der Waals surface area contributed by atoms with E-state index in [4.69, 9.17) is 4.74 Å². The number of hydrogen-bond acceptors (Lipinski definition) is 4. The number of halogens is 2. The highest BCUT2D eigenvalue weighted by molar-refractivity contribution is 5.93. The van der Waals surface area contributed by atoms with Crippen molar-refractivity contribution in [1.29, 1.82) is 0 Å². The number of rotatable bonds is 7. The monoisotopic (exact) mass is 468 g/mol. The van der Waals surface area contributed by atoms with Crippen LogP contribution in [0.3, 0.4) is 0 Å². The van der Waals surface area contributed by atoms with Gasteiger partial charge in [0.25, 0.3) is 0 Å². The largest absolute Gasteiger partial charge is 0.383 e. The van der Waals surface area contributed by atoms with Crippen molar-refractivity contribution in [3.63, 3.8) is 0 Å². The van der Waals surface area contributed by atoms with E-state index < -0.39 is 17.7 Å². The highest BCUT2D eigenvalue weighted by Crippen LogP contribution is 2.29. The van der Waals surface area contributed by atoms with E-state index in [1.165, 1.54) is 12.1 Å². The van der Waals surface area contributed by atoms with Crippen LogP contribution in [0.5, 0.6) is 0 Å². The fraction of sp³-hybridized carbons (Fsp3) is 0.280. The molecule has 2 amide bonds. The van der Waals surface area contributed by atoms with E-state index in [1.807, 2.05) is 30.3 Å². The maximum Gasteiger partial charge on any atom is 0.319 e. The van der Waals surface area contributed by atoms with Crippen molar-refractivity contribution >= 4 is 11.7 Å². The Morgan fingerprint density at radius 2 is 1.88 bits per heavy atom. The number of pyridine rings is 1. The molecule has 1 fully saturated rings. The number of aromatic nitrogens is 1. The van der Waals surface area contributed by atoms with Crippen molar-refractivity contribution in [3.05, 3.63) is 88.2 Å². The van der Waals surface area contributed by atoms with E-state index in [2.05, 4.69) is 20.5 Å². The third-order valence-electron chi connectivity index (χ3n) is 5.93. The van der Waals surface area contributed by atoms with Gasteiger partial charge in [0.15, 0.2) is 11.6 Å². The molecule has 1 aliphatic heterocycles. The first-order valence-corrected chi connectivity index (χ1v) is 11.0. The minimum atomic E-state index is -0.920. The zero-order chi connectivity index (χ0) is 24.1. The van der Waals surface area contributed by atoms with Crippen LogP contribution >= 0.6 is 0 Å². The molecule has 178 valence electrons. The molecule has 2 heterocycles. The molecule has 4 rings (SSSR count). The van der Waals surface area contributed by atoms with Crippen LogP contribution in [0.1, 0.15) is 11.5 Å². The highest BCUT2D eigenvalue weighted by atomic mass is 19.2. The normalized spacial score (nSPS) is 18.1. The molecule has 2 atom stereocenters. The van der Waals surface area contributed by atoms with Crippen molar-refractivity contribution in [3.8, 4) is 11.3 Å². The second-order valence-corrected chi connectivity index (χ2v) is 8.21. The zero-order valence-corrected chi connectivity index (χ0v) is 18.7. The molecule has 2 unspecified atom stereocenters. The summed E-state index contributed by atoms with van der Waals surface area (Å²) in [4.78, 5) is 29.7. The first-order valence-electron chi connectivity index (χ1n) is 11.0. The predicted octanol–water partition coefficient (Wildman–Crippen LogP) is 3.56. The Kier molecular flexibility index (Phi) is 7.34. The van der Waals surface area contributed by atoms with Crippen LogP contribution in [-0.2, 0) is 4.74 Å². The van der Waals surface area contributed by atoms with Crippen molar-refractivity contribution in [1.82, 2.24) is 15.2 Å². The van der Waals surface area contributed by atoms with Gasteiger partial charge in [0.05, 0.1) is 24.0 Å². The van der Waals surface area contributed by atoms with E-state index in [0.29, 0.717) is 43.2 Å². The molecule has 0 aliphatic carbocycles. The summed E-state index contributed by atoms with van der Waals surface area (Å²) in [6, 6.07) is 15.1. The zero-order valence-electron chi connectivity index (χ0n) is 18.7. The molecule has 3 aromatic rings. The number of carbonyl (C=O) groups is 1. The van der Waals surface area contributed by atoms with E-state index >= 15 is 0 Å². The lowest BCUT2D eigenvalue weighted by Gasteiger charge is -2.21. The second kappa shape index (κ2) is 10.6. The van der Waals surface area contributed by atoms with Gasteiger partial charge in [-0.2, -0.15) is 0 Å². The van der Waals surface area contributed by atoms with E-state index in [9.17, 15) is 18.4 Å². The summed E-state index contributed by atoms with van der Waals surface area (Å²) in [6.45, 7) is 2.25. The second-order valence-electron chi connectivity index (χ2n) is 8.21. The van der Waals surface area contributed by atoms with Crippen molar-refractivity contribution < 1.29 is 18.3 Å². The fourth-order valence-electron chi connectivity index (χ4n) is 4.25. The van der Waals surface area contributed by atoms with Crippen LogP contribution in [0, 0.1) is 11.6 Å². The average Bonchev–Trinajstić information content (AvgIpc) is 3.23. The topological polar surface area (TPSA) is 86.5 Å². The smallest absolute Gasteiger partial charge is 0.319 e.